The Kier molecular flexibility index (Phi) is 4.02. The van der Waals surface area contributed by atoms with E-state index >= 15 is 0 Å². The van der Waals surface area contributed by atoms with Crippen molar-refractivity contribution in [3.63, 3.8) is 0 Å². The van der Waals surface area contributed by atoms with Crippen LogP contribution in [0, 0.1) is 0 Å². The van der Waals surface area contributed by atoms with Crippen LogP contribution in [0.25, 0.3) is 0 Å². The zero-order valence-corrected chi connectivity index (χ0v) is 12.5. The first-order valence-corrected chi connectivity index (χ1v) is 8.04. The van der Waals surface area contributed by atoms with Crippen molar-refractivity contribution in [3.8, 4) is 0 Å². The summed E-state index contributed by atoms with van der Waals surface area (Å²) in [6.45, 7) is 7.01. The number of nitrogens with one attached hydrogen (secondary N) is 1. The highest BCUT2D eigenvalue weighted by atomic mass is 16.4. The number of aliphatic carboxylic acids is 1. The third kappa shape index (κ3) is 3.15. The lowest BCUT2D eigenvalue weighted by Crippen LogP contribution is -2.57. The molecule has 2 N–H and O–H groups in total. The van der Waals surface area contributed by atoms with E-state index in [1.54, 1.807) is 0 Å². The van der Waals surface area contributed by atoms with Crippen molar-refractivity contribution in [2.24, 2.45) is 0 Å². The minimum Gasteiger partial charge on any atom is -0.480 e. The minimum absolute atomic E-state index is 0.424. The Balaban J connectivity index is 1.54. The second kappa shape index (κ2) is 5.62. The fourth-order valence-corrected chi connectivity index (χ4v) is 3.66. The Morgan fingerprint density at radius 1 is 1.25 bits per heavy atom. The summed E-state index contributed by atoms with van der Waals surface area (Å²) in [7, 11) is 0. The molecule has 0 amide bonds. The second-order valence-corrected chi connectivity index (χ2v) is 6.98. The first-order chi connectivity index (χ1) is 9.57. The van der Waals surface area contributed by atoms with Crippen LogP contribution < -0.4 is 5.32 Å². The molecule has 20 heavy (non-hydrogen) atoms. The molecule has 2 heterocycles. The summed E-state index contributed by atoms with van der Waals surface area (Å²) >= 11 is 0. The Bertz CT molecular complexity index is 366. The summed E-state index contributed by atoms with van der Waals surface area (Å²) in [5, 5.41) is 12.9. The average molecular weight is 281 g/mol. The molecule has 5 nitrogen and oxygen atoms in total. The number of nitrogens with zero attached hydrogens (tertiary/aromatic N) is 2. The topological polar surface area (TPSA) is 55.8 Å². The Labute approximate surface area is 121 Å². The van der Waals surface area contributed by atoms with Crippen LogP contribution in [0.5, 0.6) is 0 Å². The van der Waals surface area contributed by atoms with Gasteiger partial charge in [-0.05, 0) is 58.7 Å². The summed E-state index contributed by atoms with van der Waals surface area (Å²) in [4.78, 5) is 16.5. The van der Waals surface area contributed by atoms with Gasteiger partial charge >= 0.3 is 5.97 Å². The summed E-state index contributed by atoms with van der Waals surface area (Å²) in [5.74, 6) is -0.714. The van der Waals surface area contributed by atoms with Crippen molar-refractivity contribution in [3.05, 3.63) is 0 Å². The quantitative estimate of drug-likeness (QED) is 0.752. The monoisotopic (exact) mass is 281 g/mol. The van der Waals surface area contributed by atoms with Crippen LogP contribution in [0.15, 0.2) is 0 Å². The first kappa shape index (κ1) is 14.3. The molecule has 2 aliphatic heterocycles. The molecule has 0 radical (unpaired) electrons. The molecule has 5 heteroatoms. The van der Waals surface area contributed by atoms with E-state index in [1.807, 2.05) is 6.92 Å². The predicted molar refractivity (Wildman–Crippen MR) is 77.9 cm³/mol. The van der Waals surface area contributed by atoms with Crippen LogP contribution in [0.4, 0.5) is 0 Å². The smallest absolute Gasteiger partial charge is 0.324 e. The molecule has 3 fully saturated rings. The van der Waals surface area contributed by atoms with Gasteiger partial charge in [0.15, 0.2) is 0 Å². The summed E-state index contributed by atoms with van der Waals surface area (Å²) in [5.41, 5.74) is -0.791. The molecule has 2 atom stereocenters. The highest BCUT2D eigenvalue weighted by Gasteiger charge is 2.41. The zero-order valence-electron chi connectivity index (χ0n) is 12.5. The maximum Gasteiger partial charge on any atom is 0.324 e. The van der Waals surface area contributed by atoms with Gasteiger partial charge in [-0.25, -0.2) is 0 Å². The van der Waals surface area contributed by atoms with E-state index in [4.69, 9.17) is 0 Å². The van der Waals surface area contributed by atoms with Gasteiger partial charge in [-0.1, -0.05) is 0 Å². The van der Waals surface area contributed by atoms with Crippen LogP contribution in [0.3, 0.4) is 0 Å². The molecule has 2 unspecified atom stereocenters. The number of carboxylic acids is 1. The molecule has 0 aromatic carbocycles. The number of carboxylic acid groups (broad SMARTS) is 1. The normalized spacial score (nSPS) is 31.6. The third-order valence-electron chi connectivity index (χ3n) is 5.02. The van der Waals surface area contributed by atoms with E-state index in [0.717, 1.165) is 25.9 Å². The summed E-state index contributed by atoms with van der Waals surface area (Å²) in [6.07, 6.45) is 6.09. The largest absolute Gasteiger partial charge is 0.480 e. The fourth-order valence-electron chi connectivity index (χ4n) is 3.66. The Morgan fingerprint density at radius 2 is 1.95 bits per heavy atom. The molecule has 1 aliphatic carbocycles. The standard InChI is InChI=1S/C15H27N3O2/c1-15(14(19)20,16-12-4-5-12)11-17-9-6-13(10-17)18-7-2-3-8-18/h12-13,16H,2-11H2,1H3,(H,19,20). The van der Waals surface area contributed by atoms with Crippen molar-refractivity contribution in [2.45, 2.75) is 56.7 Å². The molecule has 0 bridgehead atoms. The van der Waals surface area contributed by atoms with Gasteiger partial charge in [0.25, 0.3) is 0 Å². The van der Waals surface area contributed by atoms with E-state index in [2.05, 4.69) is 15.1 Å². The SMILES string of the molecule is CC(CN1CCC(N2CCCC2)C1)(NC1CC1)C(=O)O. The molecule has 114 valence electrons. The molecule has 3 rings (SSSR count). The summed E-state index contributed by atoms with van der Waals surface area (Å²) in [6, 6.07) is 1.07. The molecule has 0 aromatic heterocycles. The lowest BCUT2D eigenvalue weighted by atomic mass is 10.0. The van der Waals surface area contributed by atoms with Crippen LogP contribution in [0.1, 0.15) is 39.0 Å². The maximum absolute atomic E-state index is 11.6. The fraction of sp³-hybridized carbons (Fsp3) is 0.933. The number of hydrogen-bond acceptors (Lipinski definition) is 4. The van der Waals surface area contributed by atoms with Gasteiger partial charge in [-0.3, -0.25) is 19.9 Å². The van der Waals surface area contributed by atoms with Gasteiger partial charge in [-0.15, -0.1) is 0 Å². The molecule has 1 saturated carbocycles. The Morgan fingerprint density at radius 3 is 2.55 bits per heavy atom. The van der Waals surface area contributed by atoms with Crippen LogP contribution in [-0.2, 0) is 4.79 Å². The Hall–Kier alpha value is -0.650. The average Bonchev–Trinajstić information content (AvgIpc) is 2.91. The number of likely N-dealkylation sites (tertiary alicyclic amines) is 2. The highest BCUT2D eigenvalue weighted by molar-refractivity contribution is 5.78. The van der Waals surface area contributed by atoms with Crippen LogP contribution >= 0.6 is 0 Å². The van der Waals surface area contributed by atoms with E-state index in [0.29, 0.717) is 18.6 Å². The van der Waals surface area contributed by atoms with Gasteiger partial charge in [0.05, 0.1) is 0 Å². The maximum atomic E-state index is 11.6. The van der Waals surface area contributed by atoms with Crippen molar-refractivity contribution in [1.82, 2.24) is 15.1 Å². The number of rotatable bonds is 6. The lowest BCUT2D eigenvalue weighted by Gasteiger charge is -2.32. The van der Waals surface area contributed by atoms with Crippen molar-refractivity contribution >= 4 is 5.97 Å². The van der Waals surface area contributed by atoms with Crippen molar-refractivity contribution in [2.75, 3.05) is 32.7 Å². The van der Waals surface area contributed by atoms with Crippen LogP contribution in [-0.4, -0.2) is 71.2 Å². The molecular formula is C15H27N3O2. The van der Waals surface area contributed by atoms with E-state index in [9.17, 15) is 9.90 Å². The molecule has 2 saturated heterocycles. The van der Waals surface area contributed by atoms with Gasteiger partial charge in [0.1, 0.15) is 5.54 Å². The summed E-state index contributed by atoms with van der Waals surface area (Å²) < 4.78 is 0. The van der Waals surface area contributed by atoms with Gasteiger partial charge in [0, 0.05) is 25.2 Å². The predicted octanol–water partition coefficient (Wildman–Crippen LogP) is 0.752. The van der Waals surface area contributed by atoms with E-state index in [1.165, 1.54) is 32.4 Å². The van der Waals surface area contributed by atoms with Gasteiger partial charge in [-0.2, -0.15) is 0 Å². The second-order valence-electron chi connectivity index (χ2n) is 6.98. The molecule has 0 spiro atoms. The number of hydrogen-bond donors (Lipinski definition) is 2. The van der Waals surface area contributed by atoms with Crippen molar-refractivity contribution in [1.29, 1.82) is 0 Å². The van der Waals surface area contributed by atoms with Gasteiger partial charge < -0.3 is 5.11 Å². The number of carbonyl (C=O) groups is 1. The first-order valence-electron chi connectivity index (χ1n) is 8.04. The van der Waals surface area contributed by atoms with E-state index < -0.39 is 11.5 Å². The van der Waals surface area contributed by atoms with Gasteiger partial charge in [0.2, 0.25) is 0 Å². The van der Waals surface area contributed by atoms with Crippen molar-refractivity contribution < 1.29 is 9.90 Å². The lowest BCUT2D eigenvalue weighted by molar-refractivity contribution is -0.145. The minimum atomic E-state index is -0.791. The molecule has 3 aliphatic rings. The zero-order chi connectivity index (χ0) is 14.2. The molecule has 0 aromatic rings. The molecular weight excluding hydrogens is 254 g/mol. The van der Waals surface area contributed by atoms with Crippen LogP contribution in [0.2, 0.25) is 0 Å². The van der Waals surface area contributed by atoms with E-state index in [-0.39, 0.29) is 0 Å². The highest BCUT2D eigenvalue weighted by Crippen LogP contribution is 2.25. The third-order valence-corrected chi connectivity index (χ3v) is 5.02.